The Hall–Kier alpha value is -0.990. The summed E-state index contributed by atoms with van der Waals surface area (Å²) in [6, 6.07) is 0.661. The van der Waals surface area contributed by atoms with Crippen LogP contribution in [0.5, 0.6) is 0 Å². The van der Waals surface area contributed by atoms with Crippen molar-refractivity contribution in [2.45, 2.75) is 25.8 Å². The summed E-state index contributed by atoms with van der Waals surface area (Å²) in [4.78, 5) is 4.21. The normalized spacial score (nSPS) is 22.5. The van der Waals surface area contributed by atoms with Gasteiger partial charge in [0.05, 0.1) is 0 Å². The van der Waals surface area contributed by atoms with Gasteiger partial charge in [-0.25, -0.2) is 4.98 Å². The number of hydrogen-bond acceptors (Lipinski definition) is 2. The summed E-state index contributed by atoms with van der Waals surface area (Å²) < 4.78 is 2.23. The Morgan fingerprint density at radius 1 is 1.82 bits per heavy atom. The number of nitrogens with zero attached hydrogens (tertiary/aromatic N) is 2. The van der Waals surface area contributed by atoms with Crippen LogP contribution in [0.15, 0.2) is 12.4 Å². The Balaban J connectivity index is 2.32. The Bertz CT molecular complexity index is 241. The summed E-state index contributed by atoms with van der Waals surface area (Å²) in [5, 5.41) is 3.26. The summed E-state index contributed by atoms with van der Waals surface area (Å²) in [7, 11) is 0. The fourth-order valence-corrected chi connectivity index (χ4v) is 1.64. The van der Waals surface area contributed by atoms with Crippen LogP contribution in [-0.2, 0) is 0 Å². The van der Waals surface area contributed by atoms with E-state index in [1.807, 2.05) is 6.20 Å². The second kappa shape index (κ2) is 2.57. The Labute approximate surface area is 66.4 Å². The Morgan fingerprint density at radius 3 is 3.55 bits per heavy atom. The first kappa shape index (κ1) is 6.70. The lowest BCUT2D eigenvalue weighted by Gasteiger charge is -2.24. The smallest absolute Gasteiger partial charge is 0.203 e. The number of aromatic nitrogens is 2. The van der Waals surface area contributed by atoms with Gasteiger partial charge in [0.2, 0.25) is 5.95 Å². The van der Waals surface area contributed by atoms with Crippen molar-refractivity contribution in [2.24, 2.45) is 0 Å². The molecule has 60 valence electrons. The highest BCUT2D eigenvalue weighted by atomic mass is 15.2. The van der Waals surface area contributed by atoms with Gasteiger partial charge in [-0.2, -0.15) is 0 Å². The molecule has 0 fully saturated rings. The van der Waals surface area contributed by atoms with Crippen molar-refractivity contribution in [1.29, 1.82) is 0 Å². The number of rotatable bonds is 1. The van der Waals surface area contributed by atoms with E-state index in [2.05, 4.69) is 28.0 Å². The van der Waals surface area contributed by atoms with E-state index in [0.29, 0.717) is 6.04 Å². The molecule has 1 aliphatic heterocycles. The Kier molecular flexibility index (Phi) is 1.56. The topological polar surface area (TPSA) is 29.9 Å². The molecule has 11 heavy (non-hydrogen) atoms. The molecule has 0 spiro atoms. The number of fused-ring (bicyclic) bond motifs is 1. The molecule has 1 N–H and O–H groups in total. The molecule has 1 aromatic rings. The third-order valence-electron chi connectivity index (χ3n) is 2.29. The molecule has 0 saturated carbocycles. The van der Waals surface area contributed by atoms with Gasteiger partial charge in [0, 0.05) is 25.0 Å². The summed E-state index contributed by atoms with van der Waals surface area (Å²) in [5.41, 5.74) is 0. The highest BCUT2D eigenvalue weighted by Crippen LogP contribution is 2.24. The van der Waals surface area contributed by atoms with E-state index in [1.165, 1.54) is 12.8 Å². The zero-order chi connectivity index (χ0) is 7.68. The van der Waals surface area contributed by atoms with Crippen molar-refractivity contribution in [2.75, 3.05) is 11.9 Å². The first-order valence-corrected chi connectivity index (χ1v) is 4.18. The van der Waals surface area contributed by atoms with Crippen LogP contribution in [0.25, 0.3) is 0 Å². The number of hydrogen-bond donors (Lipinski definition) is 1. The minimum absolute atomic E-state index is 0.661. The van der Waals surface area contributed by atoms with Gasteiger partial charge >= 0.3 is 0 Å². The second-order valence-corrected chi connectivity index (χ2v) is 2.94. The first-order valence-electron chi connectivity index (χ1n) is 4.18. The second-order valence-electron chi connectivity index (χ2n) is 2.94. The summed E-state index contributed by atoms with van der Waals surface area (Å²) in [6.45, 7) is 3.29. The molecule has 0 aromatic carbocycles. The van der Waals surface area contributed by atoms with Crippen molar-refractivity contribution in [3.8, 4) is 0 Å². The molecule has 0 unspecified atom stereocenters. The molecule has 0 amide bonds. The predicted octanol–water partition coefficient (Wildman–Crippen LogP) is 1.65. The van der Waals surface area contributed by atoms with Crippen LogP contribution in [0.1, 0.15) is 25.8 Å². The summed E-state index contributed by atoms with van der Waals surface area (Å²) in [5.74, 6) is 1.03. The SMILES string of the molecule is CC[C@@H]1CCNc2nccn21. The predicted molar refractivity (Wildman–Crippen MR) is 44.7 cm³/mol. The van der Waals surface area contributed by atoms with Gasteiger partial charge in [-0.15, -0.1) is 0 Å². The van der Waals surface area contributed by atoms with Crippen molar-refractivity contribution >= 4 is 5.95 Å². The third kappa shape index (κ3) is 1.00. The molecule has 0 aliphatic carbocycles. The zero-order valence-electron chi connectivity index (χ0n) is 6.75. The Morgan fingerprint density at radius 2 is 2.73 bits per heavy atom. The molecule has 0 saturated heterocycles. The lowest BCUT2D eigenvalue weighted by atomic mass is 10.1. The van der Waals surface area contributed by atoms with E-state index in [0.717, 1.165) is 12.5 Å². The van der Waals surface area contributed by atoms with Gasteiger partial charge in [-0.1, -0.05) is 6.92 Å². The van der Waals surface area contributed by atoms with Crippen molar-refractivity contribution in [3.63, 3.8) is 0 Å². The summed E-state index contributed by atoms with van der Waals surface area (Å²) in [6.07, 6.45) is 6.33. The van der Waals surface area contributed by atoms with Gasteiger partial charge in [0.25, 0.3) is 0 Å². The van der Waals surface area contributed by atoms with E-state index in [-0.39, 0.29) is 0 Å². The molecule has 1 atom stereocenters. The number of anilines is 1. The standard InChI is InChI=1S/C8H13N3/c1-2-7-3-4-9-8-10-5-6-11(7)8/h5-7H,2-4H2,1H3,(H,9,10)/t7-/m1/s1. The third-order valence-corrected chi connectivity index (χ3v) is 2.29. The highest BCUT2D eigenvalue weighted by Gasteiger charge is 2.16. The van der Waals surface area contributed by atoms with Gasteiger partial charge in [0.15, 0.2) is 0 Å². The maximum absolute atomic E-state index is 4.21. The van der Waals surface area contributed by atoms with E-state index in [1.54, 1.807) is 0 Å². The highest BCUT2D eigenvalue weighted by molar-refractivity contribution is 5.28. The molecule has 0 radical (unpaired) electrons. The van der Waals surface area contributed by atoms with Crippen LogP contribution in [0.2, 0.25) is 0 Å². The summed E-state index contributed by atoms with van der Waals surface area (Å²) >= 11 is 0. The largest absolute Gasteiger partial charge is 0.356 e. The van der Waals surface area contributed by atoms with Crippen molar-refractivity contribution in [3.05, 3.63) is 12.4 Å². The average Bonchev–Trinajstić information content (AvgIpc) is 2.50. The molecule has 2 heterocycles. The fraction of sp³-hybridized carbons (Fsp3) is 0.625. The lowest BCUT2D eigenvalue weighted by molar-refractivity contribution is 0.446. The number of nitrogens with one attached hydrogen (secondary N) is 1. The fourth-order valence-electron chi connectivity index (χ4n) is 1.64. The average molecular weight is 151 g/mol. The van der Waals surface area contributed by atoms with Gasteiger partial charge in [-0.05, 0) is 12.8 Å². The molecule has 2 rings (SSSR count). The maximum Gasteiger partial charge on any atom is 0.203 e. The van der Waals surface area contributed by atoms with Crippen LogP contribution in [0.3, 0.4) is 0 Å². The number of imidazole rings is 1. The monoisotopic (exact) mass is 151 g/mol. The van der Waals surface area contributed by atoms with Gasteiger partial charge in [-0.3, -0.25) is 0 Å². The van der Waals surface area contributed by atoms with Crippen molar-refractivity contribution in [1.82, 2.24) is 9.55 Å². The first-order chi connectivity index (χ1) is 5.42. The molecular formula is C8H13N3. The van der Waals surface area contributed by atoms with Crippen LogP contribution in [0, 0.1) is 0 Å². The van der Waals surface area contributed by atoms with E-state index in [4.69, 9.17) is 0 Å². The minimum Gasteiger partial charge on any atom is -0.356 e. The minimum atomic E-state index is 0.661. The molecule has 1 aromatic heterocycles. The van der Waals surface area contributed by atoms with E-state index in [9.17, 15) is 0 Å². The zero-order valence-corrected chi connectivity index (χ0v) is 6.75. The van der Waals surface area contributed by atoms with Crippen LogP contribution < -0.4 is 5.32 Å². The molecule has 3 nitrogen and oxygen atoms in total. The quantitative estimate of drug-likeness (QED) is 0.661. The van der Waals surface area contributed by atoms with E-state index < -0.39 is 0 Å². The van der Waals surface area contributed by atoms with E-state index >= 15 is 0 Å². The van der Waals surface area contributed by atoms with Gasteiger partial charge < -0.3 is 9.88 Å². The van der Waals surface area contributed by atoms with Crippen molar-refractivity contribution < 1.29 is 0 Å². The van der Waals surface area contributed by atoms with Crippen LogP contribution in [0.4, 0.5) is 5.95 Å². The molecule has 1 aliphatic rings. The molecular weight excluding hydrogens is 138 g/mol. The van der Waals surface area contributed by atoms with Crippen LogP contribution in [-0.4, -0.2) is 16.1 Å². The van der Waals surface area contributed by atoms with Crippen LogP contribution >= 0.6 is 0 Å². The molecule has 3 heteroatoms. The van der Waals surface area contributed by atoms with Gasteiger partial charge in [0.1, 0.15) is 0 Å². The maximum atomic E-state index is 4.21. The lowest BCUT2D eigenvalue weighted by Crippen LogP contribution is -2.21. The molecule has 0 bridgehead atoms.